The number of rotatable bonds is 4. The van der Waals surface area contributed by atoms with E-state index in [2.05, 4.69) is 0 Å². The number of para-hydroxylation sites is 1. The summed E-state index contributed by atoms with van der Waals surface area (Å²) in [6, 6.07) is 6.51. The number of hydrogen-bond acceptors (Lipinski definition) is 5. The zero-order valence-electron chi connectivity index (χ0n) is 15.2. The Balaban J connectivity index is 2.15. The third-order valence-electron chi connectivity index (χ3n) is 4.35. The summed E-state index contributed by atoms with van der Waals surface area (Å²) in [5, 5.41) is 0. The molecule has 1 aromatic carbocycles. The number of hydrogen-bond donors (Lipinski definition) is 0. The second-order valence-electron chi connectivity index (χ2n) is 6.00. The van der Waals surface area contributed by atoms with Gasteiger partial charge in [-0.05, 0) is 12.1 Å². The van der Waals surface area contributed by atoms with Gasteiger partial charge in [-0.25, -0.2) is 4.79 Å². The Morgan fingerprint density at radius 1 is 1.00 bits per heavy atom. The Bertz CT molecular complexity index is 711. The molecule has 8 heteroatoms. The smallest absolute Gasteiger partial charge is 0.339 e. The van der Waals surface area contributed by atoms with E-state index in [0.29, 0.717) is 31.9 Å². The van der Waals surface area contributed by atoms with Crippen LogP contribution in [0.1, 0.15) is 24.2 Å². The molecule has 1 fully saturated rings. The standard InChI is InChI=1S/C18H23N3O5/c1-13(22)19-8-10-20(11-9-19)17(24)12-21(14(2)23)16-7-5-4-6-15(16)18(25)26-3/h4-7H,8-12H2,1-3H3. The molecule has 0 radical (unpaired) electrons. The molecular formula is C18H23N3O5. The van der Waals surface area contributed by atoms with Gasteiger partial charge in [0.15, 0.2) is 0 Å². The van der Waals surface area contributed by atoms with Gasteiger partial charge in [0.2, 0.25) is 17.7 Å². The summed E-state index contributed by atoms with van der Waals surface area (Å²) in [6.45, 7) is 4.45. The molecule has 0 N–H and O–H groups in total. The molecule has 8 nitrogen and oxygen atoms in total. The molecule has 0 spiro atoms. The van der Waals surface area contributed by atoms with E-state index in [9.17, 15) is 19.2 Å². The first-order valence-corrected chi connectivity index (χ1v) is 8.34. The lowest BCUT2D eigenvalue weighted by atomic mass is 10.1. The summed E-state index contributed by atoms with van der Waals surface area (Å²) >= 11 is 0. The molecule has 1 heterocycles. The van der Waals surface area contributed by atoms with Crippen molar-refractivity contribution >= 4 is 29.4 Å². The molecule has 1 saturated heterocycles. The van der Waals surface area contributed by atoms with Gasteiger partial charge < -0.3 is 19.4 Å². The maximum absolute atomic E-state index is 12.6. The van der Waals surface area contributed by atoms with Crippen molar-refractivity contribution in [2.45, 2.75) is 13.8 Å². The van der Waals surface area contributed by atoms with Gasteiger partial charge in [-0.1, -0.05) is 12.1 Å². The van der Waals surface area contributed by atoms with Gasteiger partial charge in [0.25, 0.3) is 0 Å². The molecule has 0 atom stereocenters. The highest BCUT2D eigenvalue weighted by Crippen LogP contribution is 2.22. The number of anilines is 1. The molecule has 0 saturated carbocycles. The van der Waals surface area contributed by atoms with Crippen LogP contribution in [-0.4, -0.2) is 73.3 Å². The molecule has 1 aliphatic heterocycles. The van der Waals surface area contributed by atoms with E-state index in [1.807, 2.05) is 0 Å². The van der Waals surface area contributed by atoms with E-state index in [0.717, 1.165) is 0 Å². The minimum Gasteiger partial charge on any atom is -0.465 e. The zero-order chi connectivity index (χ0) is 19.3. The summed E-state index contributed by atoms with van der Waals surface area (Å²) in [6.07, 6.45) is 0. The van der Waals surface area contributed by atoms with Gasteiger partial charge in [0.1, 0.15) is 6.54 Å². The first-order chi connectivity index (χ1) is 12.3. The molecule has 1 aromatic rings. The number of ether oxygens (including phenoxy) is 1. The van der Waals surface area contributed by atoms with Gasteiger partial charge >= 0.3 is 5.97 Å². The monoisotopic (exact) mass is 361 g/mol. The normalized spacial score (nSPS) is 14.0. The van der Waals surface area contributed by atoms with E-state index < -0.39 is 5.97 Å². The molecule has 0 unspecified atom stereocenters. The van der Waals surface area contributed by atoms with Gasteiger partial charge in [-0.3, -0.25) is 14.4 Å². The highest BCUT2D eigenvalue weighted by molar-refractivity contribution is 6.04. The van der Waals surface area contributed by atoms with E-state index in [4.69, 9.17) is 4.74 Å². The molecule has 0 bridgehead atoms. The van der Waals surface area contributed by atoms with Crippen LogP contribution in [-0.2, 0) is 19.1 Å². The number of amides is 3. The number of esters is 1. The fourth-order valence-electron chi connectivity index (χ4n) is 2.86. The fourth-order valence-corrected chi connectivity index (χ4v) is 2.86. The van der Waals surface area contributed by atoms with Crippen LogP contribution < -0.4 is 4.90 Å². The predicted octanol–water partition coefficient (Wildman–Crippen LogP) is 0.517. The largest absolute Gasteiger partial charge is 0.465 e. The van der Waals surface area contributed by atoms with Crippen LogP contribution in [0.3, 0.4) is 0 Å². The Morgan fingerprint density at radius 3 is 2.12 bits per heavy atom. The summed E-state index contributed by atoms with van der Waals surface area (Å²) in [4.78, 5) is 52.7. The van der Waals surface area contributed by atoms with Crippen LogP contribution >= 0.6 is 0 Å². The van der Waals surface area contributed by atoms with Crippen molar-refractivity contribution in [1.29, 1.82) is 0 Å². The van der Waals surface area contributed by atoms with Gasteiger partial charge in [0.05, 0.1) is 18.4 Å². The molecule has 3 amide bonds. The average molecular weight is 361 g/mol. The molecule has 0 aromatic heterocycles. The number of carbonyl (C=O) groups is 4. The lowest BCUT2D eigenvalue weighted by Crippen LogP contribution is -2.52. The van der Waals surface area contributed by atoms with E-state index in [1.54, 1.807) is 34.1 Å². The van der Waals surface area contributed by atoms with Crippen LogP contribution in [0.25, 0.3) is 0 Å². The van der Waals surface area contributed by atoms with Crippen LogP contribution in [0.15, 0.2) is 24.3 Å². The number of benzene rings is 1. The van der Waals surface area contributed by atoms with Crippen molar-refractivity contribution in [3.05, 3.63) is 29.8 Å². The minimum atomic E-state index is -0.575. The lowest BCUT2D eigenvalue weighted by molar-refractivity contribution is -0.137. The average Bonchev–Trinajstić information content (AvgIpc) is 2.65. The van der Waals surface area contributed by atoms with Crippen LogP contribution in [0, 0.1) is 0 Å². The molecule has 1 aliphatic rings. The summed E-state index contributed by atoms with van der Waals surface area (Å²) < 4.78 is 4.75. The summed E-state index contributed by atoms with van der Waals surface area (Å²) in [5.41, 5.74) is 0.557. The Kier molecular flexibility index (Phi) is 6.32. The summed E-state index contributed by atoms with van der Waals surface area (Å²) in [5.74, 6) is -1.18. The Labute approximate surface area is 152 Å². The second-order valence-corrected chi connectivity index (χ2v) is 6.00. The number of nitrogens with zero attached hydrogens (tertiary/aromatic N) is 3. The van der Waals surface area contributed by atoms with Crippen LogP contribution in [0.4, 0.5) is 5.69 Å². The first-order valence-electron chi connectivity index (χ1n) is 8.34. The van der Waals surface area contributed by atoms with Crippen molar-refractivity contribution < 1.29 is 23.9 Å². The third kappa shape index (κ3) is 4.38. The van der Waals surface area contributed by atoms with Crippen molar-refractivity contribution in [2.24, 2.45) is 0 Å². The van der Waals surface area contributed by atoms with Gasteiger partial charge in [-0.2, -0.15) is 0 Å². The quantitative estimate of drug-likeness (QED) is 0.730. The third-order valence-corrected chi connectivity index (χ3v) is 4.35. The second kappa shape index (κ2) is 8.46. The van der Waals surface area contributed by atoms with Crippen molar-refractivity contribution in [3.8, 4) is 0 Å². The molecule has 140 valence electrons. The number of piperazine rings is 1. The van der Waals surface area contributed by atoms with E-state index in [1.165, 1.54) is 25.9 Å². The fraction of sp³-hybridized carbons (Fsp3) is 0.444. The minimum absolute atomic E-state index is 0.0190. The zero-order valence-corrected chi connectivity index (χ0v) is 15.2. The van der Waals surface area contributed by atoms with Gasteiger partial charge in [0, 0.05) is 40.0 Å². The van der Waals surface area contributed by atoms with Gasteiger partial charge in [-0.15, -0.1) is 0 Å². The maximum Gasteiger partial charge on any atom is 0.339 e. The van der Waals surface area contributed by atoms with Crippen molar-refractivity contribution in [1.82, 2.24) is 9.80 Å². The topological polar surface area (TPSA) is 87.2 Å². The highest BCUT2D eigenvalue weighted by Gasteiger charge is 2.27. The molecular weight excluding hydrogens is 338 g/mol. The molecule has 0 aliphatic carbocycles. The van der Waals surface area contributed by atoms with Crippen molar-refractivity contribution in [3.63, 3.8) is 0 Å². The maximum atomic E-state index is 12.6. The number of methoxy groups -OCH3 is 1. The Morgan fingerprint density at radius 2 is 1.58 bits per heavy atom. The van der Waals surface area contributed by atoms with Crippen LogP contribution in [0.2, 0.25) is 0 Å². The van der Waals surface area contributed by atoms with E-state index in [-0.39, 0.29) is 29.8 Å². The first kappa shape index (κ1) is 19.4. The summed E-state index contributed by atoms with van der Waals surface area (Å²) in [7, 11) is 1.26. The van der Waals surface area contributed by atoms with E-state index >= 15 is 0 Å². The molecule has 26 heavy (non-hydrogen) atoms. The molecule has 2 rings (SSSR count). The van der Waals surface area contributed by atoms with Crippen LogP contribution in [0.5, 0.6) is 0 Å². The predicted molar refractivity (Wildman–Crippen MR) is 94.6 cm³/mol. The highest BCUT2D eigenvalue weighted by atomic mass is 16.5. The lowest BCUT2D eigenvalue weighted by Gasteiger charge is -2.35. The Hall–Kier alpha value is -2.90. The number of carbonyl (C=O) groups excluding carboxylic acids is 4. The van der Waals surface area contributed by atoms with Crippen molar-refractivity contribution in [2.75, 3.05) is 44.7 Å². The SMILES string of the molecule is COC(=O)c1ccccc1N(CC(=O)N1CCN(C(C)=O)CC1)C(C)=O.